The van der Waals surface area contributed by atoms with Gasteiger partial charge in [0.1, 0.15) is 5.60 Å². The Bertz CT molecular complexity index is 636. The molecule has 2 aliphatic heterocycles. The second-order valence-corrected chi connectivity index (χ2v) is 7.08. The highest BCUT2D eigenvalue weighted by Crippen LogP contribution is 2.26. The van der Waals surface area contributed by atoms with Gasteiger partial charge in [-0.25, -0.2) is 0 Å². The average molecular weight is 396 g/mol. The average Bonchev–Trinajstić information content (AvgIpc) is 2.73. The number of nitrogens with one attached hydrogen (secondary N) is 1. The monoisotopic (exact) mass is 395 g/mol. The molecule has 1 aromatic rings. The third-order valence-electron chi connectivity index (χ3n) is 5.65. The summed E-state index contributed by atoms with van der Waals surface area (Å²) in [6.07, 6.45) is 2.36. The van der Waals surface area contributed by atoms with E-state index in [1.54, 1.807) is 7.11 Å². The van der Waals surface area contributed by atoms with E-state index >= 15 is 0 Å². The number of aryl methyl sites for hydroxylation is 1. The van der Waals surface area contributed by atoms with Gasteiger partial charge in [-0.2, -0.15) is 0 Å². The second kappa shape index (κ2) is 9.53. The summed E-state index contributed by atoms with van der Waals surface area (Å²) in [4.78, 5) is 29.4. The quantitative estimate of drug-likeness (QED) is 0.843. The van der Waals surface area contributed by atoms with Gasteiger partial charge in [-0.15, -0.1) is 12.4 Å². The van der Waals surface area contributed by atoms with Crippen molar-refractivity contribution in [1.82, 2.24) is 15.1 Å². The maximum atomic E-state index is 13.0. The number of halogens is 1. The van der Waals surface area contributed by atoms with Crippen molar-refractivity contribution in [3.8, 4) is 0 Å². The van der Waals surface area contributed by atoms with Crippen molar-refractivity contribution in [2.75, 3.05) is 46.4 Å². The van der Waals surface area contributed by atoms with E-state index in [0.717, 1.165) is 19.5 Å². The minimum Gasteiger partial charge on any atom is -0.368 e. The van der Waals surface area contributed by atoms with Crippen LogP contribution in [0.4, 0.5) is 0 Å². The molecule has 0 aromatic heterocycles. The number of amides is 2. The van der Waals surface area contributed by atoms with E-state index in [9.17, 15) is 9.59 Å². The summed E-state index contributed by atoms with van der Waals surface area (Å²) in [6, 6.07) is 7.81. The Hall–Kier alpha value is -1.63. The zero-order valence-corrected chi connectivity index (χ0v) is 17.0. The summed E-state index contributed by atoms with van der Waals surface area (Å²) in [5.41, 5.74) is 1.24. The molecule has 2 aliphatic rings. The first kappa shape index (κ1) is 21.7. The number of hydrogen-bond donors (Lipinski definition) is 1. The Kier molecular flexibility index (Phi) is 7.65. The van der Waals surface area contributed by atoms with Gasteiger partial charge in [0.2, 0.25) is 0 Å². The van der Waals surface area contributed by atoms with E-state index in [1.807, 2.05) is 34.1 Å². The summed E-state index contributed by atoms with van der Waals surface area (Å²) in [7, 11) is 1.63. The predicted molar refractivity (Wildman–Crippen MR) is 107 cm³/mol. The molecule has 6 nitrogen and oxygen atoms in total. The fraction of sp³-hybridized carbons (Fsp3) is 0.600. The number of piperazine rings is 1. The molecular formula is C20H30ClN3O3. The molecule has 0 spiro atoms. The number of methoxy groups -OCH3 is 1. The van der Waals surface area contributed by atoms with Gasteiger partial charge in [-0.3, -0.25) is 9.59 Å². The molecule has 2 heterocycles. The molecule has 7 heteroatoms. The van der Waals surface area contributed by atoms with Crippen molar-refractivity contribution in [2.45, 2.75) is 31.8 Å². The van der Waals surface area contributed by atoms with Crippen LogP contribution in [0, 0.1) is 0 Å². The van der Waals surface area contributed by atoms with Crippen LogP contribution in [0.5, 0.6) is 0 Å². The van der Waals surface area contributed by atoms with Crippen molar-refractivity contribution in [3.63, 3.8) is 0 Å². The van der Waals surface area contributed by atoms with Gasteiger partial charge in [-0.05, 0) is 50.0 Å². The number of hydrogen-bond acceptors (Lipinski definition) is 4. The lowest BCUT2D eigenvalue weighted by molar-refractivity contribution is -0.159. The third kappa shape index (κ3) is 4.62. The molecule has 1 N–H and O–H groups in total. The minimum atomic E-state index is -0.701. The smallest absolute Gasteiger partial charge is 0.255 e. The largest absolute Gasteiger partial charge is 0.368 e. The Labute approximate surface area is 167 Å². The molecule has 3 rings (SSSR count). The Morgan fingerprint density at radius 1 is 1.04 bits per heavy atom. The van der Waals surface area contributed by atoms with Crippen LogP contribution in [0.15, 0.2) is 24.3 Å². The molecule has 0 bridgehead atoms. The Morgan fingerprint density at radius 3 is 2.11 bits per heavy atom. The lowest BCUT2D eigenvalue weighted by Crippen LogP contribution is -2.59. The molecule has 0 radical (unpaired) electrons. The summed E-state index contributed by atoms with van der Waals surface area (Å²) >= 11 is 0. The lowest BCUT2D eigenvalue weighted by Gasteiger charge is -2.42. The van der Waals surface area contributed by atoms with E-state index < -0.39 is 5.60 Å². The molecule has 27 heavy (non-hydrogen) atoms. The van der Waals surface area contributed by atoms with Crippen LogP contribution in [0.1, 0.15) is 35.7 Å². The van der Waals surface area contributed by atoms with Gasteiger partial charge in [0.05, 0.1) is 0 Å². The van der Waals surface area contributed by atoms with Crippen LogP contribution in [0.2, 0.25) is 0 Å². The zero-order chi connectivity index (χ0) is 18.6. The first-order valence-corrected chi connectivity index (χ1v) is 9.53. The normalized spacial score (nSPS) is 19.3. The van der Waals surface area contributed by atoms with Crippen LogP contribution < -0.4 is 5.32 Å². The fourth-order valence-electron chi connectivity index (χ4n) is 3.80. The van der Waals surface area contributed by atoms with Gasteiger partial charge < -0.3 is 19.9 Å². The predicted octanol–water partition coefficient (Wildman–Crippen LogP) is 1.72. The van der Waals surface area contributed by atoms with Crippen molar-refractivity contribution in [3.05, 3.63) is 35.4 Å². The van der Waals surface area contributed by atoms with Crippen LogP contribution in [-0.2, 0) is 16.0 Å². The molecule has 2 amide bonds. The van der Waals surface area contributed by atoms with E-state index in [2.05, 4.69) is 12.2 Å². The maximum absolute atomic E-state index is 13.0. The lowest BCUT2D eigenvalue weighted by atomic mass is 9.90. The molecule has 2 fully saturated rings. The SMILES string of the molecule is CCc1ccc(C(=O)N2CCN(C(=O)C3(OC)CCNCC3)CC2)cc1.Cl. The molecule has 0 aliphatic carbocycles. The number of rotatable bonds is 4. The summed E-state index contributed by atoms with van der Waals surface area (Å²) < 4.78 is 5.65. The Balaban J connectivity index is 0.00000261. The topological polar surface area (TPSA) is 61.9 Å². The molecule has 0 saturated carbocycles. The highest BCUT2D eigenvalue weighted by molar-refractivity contribution is 5.94. The maximum Gasteiger partial charge on any atom is 0.255 e. The summed E-state index contributed by atoms with van der Waals surface area (Å²) in [6.45, 7) is 5.96. The number of benzene rings is 1. The van der Waals surface area contributed by atoms with Gasteiger partial charge in [-0.1, -0.05) is 19.1 Å². The summed E-state index contributed by atoms with van der Waals surface area (Å²) in [5, 5.41) is 3.28. The van der Waals surface area contributed by atoms with Crippen molar-refractivity contribution in [1.29, 1.82) is 0 Å². The van der Waals surface area contributed by atoms with E-state index in [0.29, 0.717) is 44.6 Å². The first-order chi connectivity index (χ1) is 12.6. The molecule has 0 atom stereocenters. The van der Waals surface area contributed by atoms with E-state index in [-0.39, 0.29) is 24.2 Å². The van der Waals surface area contributed by atoms with Gasteiger partial charge >= 0.3 is 0 Å². The molecule has 150 valence electrons. The van der Waals surface area contributed by atoms with Gasteiger partial charge in [0.15, 0.2) is 0 Å². The van der Waals surface area contributed by atoms with Crippen LogP contribution in [0.3, 0.4) is 0 Å². The highest BCUT2D eigenvalue weighted by atomic mass is 35.5. The number of ether oxygens (including phenoxy) is 1. The van der Waals surface area contributed by atoms with Crippen molar-refractivity contribution < 1.29 is 14.3 Å². The van der Waals surface area contributed by atoms with Crippen LogP contribution >= 0.6 is 12.4 Å². The van der Waals surface area contributed by atoms with Crippen LogP contribution in [0.25, 0.3) is 0 Å². The minimum absolute atomic E-state index is 0. The molecule has 2 saturated heterocycles. The van der Waals surface area contributed by atoms with E-state index in [4.69, 9.17) is 4.74 Å². The van der Waals surface area contributed by atoms with Gasteiger partial charge in [0, 0.05) is 38.9 Å². The molecule has 0 unspecified atom stereocenters. The number of piperidine rings is 1. The van der Waals surface area contributed by atoms with Crippen LogP contribution in [-0.4, -0.2) is 73.6 Å². The molecule has 1 aromatic carbocycles. The third-order valence-corrected chi connectivity index (χ3v) is 5.65. The standard InChI is InChI=1S/C20H29N3O3.ClH/c1-3-16-4-6-17(7-5-16)18(24)22-12-14-23(15-13-22)19(25)20(26-2)8-10-21-11-9-20;/h4-7,21H,3,8-15H2,1-2H3;1H. The summed E-state index contributed by atoms with van der Waals surface area (Å²) in [5.74, 6) is 0.115. The van der Waals surface area contributed by atoms with Crippen molar-refractivity contribution >= 4 is 24.2 Å². The highest BCUT2D eigenvalue weighted by Gasteiger charge is 2.43. The van der Waals surface area contributed by atoms with Crippen molar-refractivity contribution in [2.24, 2.45) is 0 Å². The number of nitrogens with zero attached hydrogens (tertiary/aromatic N) is 2. The fourth-order valence-corrected chi connectivity index (χ4v) is 3.80. The van der Waals surface area contributed by atoms with E-state index in [1.165, 1.54) is 5.56 Å². The molecular weight excluding hydrogens is 366 g/mol. The number of carbonyl (C=O) groups excluding carboxylic acids is 2. The Morgan fingerprint density at radius 2 is 1.59 bits per heavy atom. The zero-order valence-electron chi connectivity index (χ0n) is 16.2. The number of carbonyl (C=O) groups is 2. The second-order valence-electron chi connectivity index (χ2n) is 7.08. The van der Waals surface area contributed by atoms with Gasteiger partial charge in [0.25, 0.3) is 11.8 Å². The first-order valence-electron chi connectivity index (χ1n) is 9.53.